The van der Waals surface area contributed by atoms with E-state index in [0.29, 0.717) is 34.7 Å². The Hall–Kier alpha value is -5.41. The lowest BCUT2D eigenvalue weighted by Gasteiger charge is -2.34. The molecule has 0 unspecified atom stereocenters. The first-order valence-corrected chi connectivity index (χ1v) is 25.3. The Kier molecular flexibility index (Phi) is 12.4. The van der Waals surface area contributed by atoms with E-state index in [2.05, 4.69) is 32.1 Å². The molecule has 0 bridgehead atoms. The molecular weight excluding hydrogens is 996 g/mol. The molecule has 5 aromatic rings. The molecule has 0 aliphatic heterocycles. The van der Waals surface area contributed by atoms with Crippen LogP contribution in [0, 0.1) is 29.4 Å². The van der Waals surface area contributed by atoms with Crippen molar-refractivity contribution in [2.24, 2.45) is 5.92 Å². The summed E-state index contributed by atoms with van der Waals surface area (Å²) in [4.78, 5) is 19.2. The van der Waals surface area contributed by atoms with Crippen molar-refractivity contribution in [1.29, 1.82) is 0 Å². The minimum Gasteiger partial charge on any atom is -0.346 e. The number of alkyl halides is 8. The van der Waals surface area contributed by atoms with E-state index in [1.807, 2.05) is 0 Å². The van der Waals surface area contributed by atoms with E-state index in [4.69, 9.17) is 16.6 Å². The summed E-state index contributed by atoms with van der Waals surface area (Å²) < 4.78 is 200. The van der Waals surface area contributed by atoms with Crippen molar-refractivity contribution >= 4 is 54.1 Å². The molecule has 3 heterocycles. The second-order valence-electron chi connectivity index (χ2n) is 18.0. The number of carbonyl (C=O) groups is 1. The fraction of sp³-hybridized carbons (Fsp3) is 0.455. The van der Waals surface area contributed by atoms with Gasteiger partial charge in [-0.2, -0.15) is 45.3 Å². The highest BCUT2D eigenvalue weighted by Crippen LogP contribution is 2.64. The zero-order valence-electron chi connectivity index (χ0n) is 36.7. The molecular formula is C44H40ClF10N7O5S2. The third-order valence-electron chi connectivity index (χ3n) is 12.7. The highest BCUT2D eigenvalue weighted by atomic mass is 35.5. The molecule has 0 spiro atoms. The molecule has 3 atom stereocenters. The second-order valence-corrected chi connectivity index (χ2v) is 22.7. The van der Waals surface area contributed by atoms with Crippen LogP contribution in [0.5, 0.6) is 0 Å². The van der Waals surface area contributed by atoms with E-state index >= 15 is 8.78 Å². The predicted octanol–water partition coefficient (Wildman–Crippen LogP) is 8.93. The Morgan fingerprint density at radius 3 is 2.17 bits per heavy atom. The van der Waals surface area contributed by atoms with Gasteiger partial charge in [0.05, 0.1) is 33.9 Å². The van der Waals surface area contributed by atoms with Crippen molar-refractivity contribution in [3.63, 3.8) is 0 Å². The third-order valence-corrected chi connectivity index (χ3v) is 15.5. The molecule has 3 aromatic heterocycles. The Morgan fingerprint density at radius 2 is 1.59 bits per heavy atom. The normalized spacial score (nSPS) is 18.4. The zero-order valence-corrected chi connectivity index (χ0v) is 39.1. The van der Waals surface area contributed by atoms with Crippen molar-refractivity contribution < 1.29 is 65.5 Å². The van der Waals surface area contributed by atoms with Gasteiger partial charge in [-0.1, -0.05) is 23.6 Å². The summed E-state index contributed by atoms with van der Waals surface area (Å²) in [7, 11) is -8.10. The van der Waals surface area contributed by atoms with Crippen LogP contribution < -0.4 is 10.0 Å². The molecule has 8 rings (SSSR count). The lowest BCUT2D eigenvalue weighted by atomic mass is 9.73. The summed E-state index contributed by atoms with van der Waals surface area (Å²) in [6.07, 6.45) is -7.93. The van der Waals surface area contributed by atoms with Crippen LogP contribution in [0.4, 0.5) is 49.7 Å². The SMILES string of the molecule is CC(C)(C#Cc1nc([C@H](Cc2cc(F)cc(F)c2)NC(=O)Cn2nc(C(F)(F)F)c3c2C(F)(F)[C@@H]2CC[C@H]32)c(-c2ccc(Cl)c3c(NS(C)(=O)=O)nn(CC(F)(F)F)c23)c2c1CCCC2)S(C)(=O)=O. The van der Waals surface area contributed by atoms with E-state index in [1.54, 1.807) is 0 Å². The number of halogens is 11. The van der Waals surface area contributed by atoms with E-state index in [1.165, 1.54) is 26.0 Å². The Balaban J connectivity index is 1.41. The number of nitrogens with one attached hydrogen (secondary N) is 2. The monoisotopic (exact) mass is 1040 g/mol. The number of sulfonamides is 1. The van der Waals surface area contributed by atoms with Gasteiger partial charge in [0, 0.05) is 34.9 Å². The number of hydrogen-bond acceptors (Lipinski definition) is 8. The van der Waals surface area contributed by atoms with Gasteiger partial charge in [-0.05, 0) is 106 Å². The number of hydrogen-bond donors (Lipinski definition) is 2. The number of carbonyl (C=O) groups excluding carboxylic acids is 1. The maximum absolute atomic E-state index is 15.9. The molecule has 1 amide bonds. The molecule has 12 nitrogen and oxygen atoms in total. The molecule has 2 aromatic carbocycles. The molecule has 370 valence electrons. The van der Waals surface area contributed by atoms with E-state index in [9.17, 15) is 56.8 Å². The van der Waals surface area contributed by atoms with Crippen molar-refractivity contribution in [3.8, 4) is 23.0 Å². The van der Waals surface area contributed by atoms with Crippen LogP contribution in [0.1, 0.15) is 96.5 Å². The lowest BCUT2D eigenvalue weighted by molar-refractivity contribution is -0.144. The Bertz CT molecular complexity index is 3230. The predicted molar refractivity (Wildman–Crippen MR) is 232 cm³/mol. The summed E-state index contributed by atoms with van der Waals surface area (Å²) in [6.45, 7) is -0.419. The van der Waals surface area contributed by atoms with Gasteiger partial charge < -0.3 is 5.32 Å². The summed E-state index contributed by atoms with van der Waals surface area (Å²) in [5.74, 6) is -5.00. The van der Waals surface area contributed by atoms with Gasteiger partial charge >= 0.3 is 12.4 Å². The number of anilines is 1. The number of benzene rings is 2. The quantitative estimate of drug-likeness (QED) is 0.0981. The summed E-state index contributed by atoms with van der Waals surface area (Å²) >= 11 is 6.61. The van der Waals surface area contributed by atoms with Crippen molar-refractivity contribution in [3.05, 3.63) is 92.0 Å². The molecule has 2 N–H and O–H groups in total. The zero-order chi connectivity index (χ0) is 50.6. The van der Waals surface area contributed by atoms with Crippen LogP contribution in [0.3, 0.4) is 0 Å². The van der Waals surface area contributed by atoms with Crippen molar-refractivity contribution in [2.75, 3.05) is 17.2 Å². The third kappa shape index (κ3) is 9.61. The maximum atomic E-state index is 15.9. The van der Waals surface area contributed by atoms with Crippen molar-refractivity contribution in [2.45, 2.75) is 107 Å². The van der Waals surface area contributed by atoms with E-state index in [-0.39, 0.29) is 68.9 Å². The minimum absolute atomic E-state index is 0.0194. The number of nitrogens with zero attached hydrogens (tertiary/aromatic N) is 5. The fourth-order valence-corrected chi connectivity index (χ4v) is 10.3. The van der Waals surface area contributed by atoms with Gasteiger partial charge in [-0.15, -0.1) is 0 Å². The Morgan fingerprint density at radius 1 is 0.942 bits per heavy atom. The van der Waals surface area contributed by atoms with Gasteiger partial charge in [-0.3, -0.25) is 18.9 Å². The van der Waals surface area contributed by atoms with E-state index in [0.717, 1.165) is 24.6 Å². The van der Waals surface area contributed by atoms with Crippen molar-refractivity contribution in [1.82, 2.24) is 29.9 Å². The molecule has 25 heteroatoms. The topological polar surface area (TPSA) is 158 Å². The molecule has 1 saturated carbocycles. The van der Waals surface area contributed by atoms with Crippen LogP contribution in [0.2, 0.25) is 5.02 Å². The maximum Gasteiger partial charge on any atom is 0.435 e. The fourth-order valence-electron chi connectivity index (χ4n) is 9.33. The van der Waals surface area contributed by atoms with Crippen LogP contribution >= 0.6 is 11.6 Å². The van der Waals surface area contributed by atoms with Crippen LogP contribution in [-0.2, 0) is 69.1 Å². The summed E-state index contributed by atoms with van der Waals surface area (Å²) in [6, 6.07) is 3.11. The number of fused-ring (bicyclic) bond motifs is 5. The number of pyridine rings is 1. The first kappa shape index (κ1) is 50.0. The minimum atomic E-state index is -5.19. The number of sulfone groups is 1. The molecule has 3 aliphatic rings. The molecule has 1 fully saturated rings. The average Bonchev–Trinajstić information content (AvgIpc) is 3.77. The van der Waals surface area contributed by atoms with Crippen LogP contribution in [-0.4, -0.2) is 70.7 Å². The molecule has 0 saturated heterocycles. The smallest absolute Gasteiger partial charge is 0.346 e. The summed E-state index contributed by atoms with van der Waals surface area (Å²) in [5, 5.41) is 9.42. The highest BCUT2D eigenvalue weighted by Gasteiger charge is 2.63. The van der Waals surface area contributed by atoms with Crippen LogP contribution in [0.25, 0.3) is 22.0 Å². The van der Waals surface area contributed by atoms with Gasteiger partial charge in [0.25, 0.3) is 5.92 Å². The standard InChI is InChI=1S/C44H40ClF10N7O5S2/c1-41(2,68(3,64)65)14-13-30-24-7-5-6-8-25(24)33(27-10-12-29(45)35-37(27)62(20-42(48,49)50)59-40(35)60-69(4,66)67)36(57-30)31(17-21-15-22(46)18-23(47)16-21)56-32(63)19-61-39-34(38(58-61)44(53,54)55)26-9-11-28(26)43(39,51)52/h10,12,15-16,18,26,28,31H,5-9,11,17,19-20H2,1-4H3,(H,56,63)(H,59,60)/t26-,28+,31-/m0/s1. The molecule has 69 heavy (non-hydrogen) atoms. The average molecular weight is 1040 g/mol. The van der Waals surface area contributed by atoms with Gasteiger partial charge in [0.2, 0.25) is 15.9 Å². The number of aromatic nitrogens is 5. The van der Waals surface area contributed by atoms with E-state index < -0.39 is 126 Å². The van der Waals surface area contributed by atoms with Crippen LogP contribution in [0.15, 0.2) is 30.3 Å². The highest BCUT2D eigenvalue weighted by molar-refractivity contribution is 7.92. The van der Waals surface area contributed by atoms with Gasteiger partial charge in [0.15, 0.2) is 21.3 Å². The summed E-state index contributed by atoms with van der Waals surface area (Å²) in [5.41, 5.74) is -3.78. The molecule has 0 radical (unpaired) electrons. The molecule has 3 aliphatic carbocycles. The lowest BCUT2D eigenvalue weighted by Crippen LogP contribution is -2.37. The van der Waals surface area contributed by atoms with Gasteiger partial charge in [0.1, 0.15) is 40.9 Å². The number of amides is 1. The first-order valence-electron chi connectivity index (χ1n) is 21.2. The number of rotatable bonds is 11. The Labute approximate surface area is 393 Å². The first-order chi connectivity index (χ1) is 31.8. The van der Waals surface area contributed by atoms with Gasteiger partial charge in [-0.25, -0.2) is 30.6 Å². The largest absolute Gasteiger partial charge is 0.435 e. The second kappa shape index (κ2) is 17.2.